The normalized spacial score (nSPS) is 16.1. The lowest BCUT2D eigenvalue weighted by Crippen LogP contribution is -2.44. The molecule has 0 atom stereocenters. The SMILES string of the molecule is CCN(Cc1ccccc1)C(=O)C1CCN(S(=O)(=O)c2ccccc2C)CC1. The molecule has 1 heterocycles. The predicted molar refractivity (Wildman–Crippen MR) is 110 cm³/mol. The molecule has 150 valence electrons. The number of carbonyl (C=O) groups is 1. The van der Waals surface area contributed by atoms with Crippen molar-refractivity contribution in [2.45, 2.75) is 38.1 Å². The molecular formula is C22H28N2O3S. The van der Waals surface area contributed by atoms with Gasteiger partial charge in [-0.2, -0.15) is 4.31 Å². The van der Waals surface area contributed by atoms with E-state index in [0.717, 1.165) is 11.1 Å². The van der Waals surface area contributed by atoms with Gasteiger partial charge < -0.3 is 4.90 Å². The van der Waals surface area contributed by atoms with Crippen molar-refractivity contribution in [3.05, 3.63) is 65.7 Å². The van der Waals surface area contributed by atoms with Crippen LogP contribution in [0.4, 0.5) is 0 Å². The molecule has 0 radical (unpaired) electrons. The van der Waals surface area contributed by atoms with E-state index in [1.165, 1.54) is 4.31 Å². The van der Waals surface area contributed by atoms with Crippen LogP contribution in [0.1, 0.15) is 30.9 Å². The summed E-state index contributed by atoms with van der Waals surface area (Å²) >= 11 is 0. The van der Waals surface area contributed by atoms with Gasteiger partial charge in [-0.25, -0.2) is 8.42 Å². The highest BCUT2D eigenvalue weighted by molar-refractivity contribution is 7.89. The van der Waals surface area contributed by atoms with Crippen LogP contribution >= 0.6 is 0 Å². The molecule has 2 aromatic carbocycles. The number of hydrogen-bond donors (Lipinski definition) is 0. The minimum absolute atomic E-state index is 0.119. The molecule has 1 aliphatic heterocycles. The summed E-state index contributed by atoms with van der Waals surface area (Å²) in [6.07, 6.45) is 1.13. The summed E-state index contributed by atoms with van der Waals surface area (Å²) in [6.45, 7) is 5.81. The first-order valence-electron chi connectivity index (χ1n) is 9.82. The second-order valence-electron chi connectivity index (χ2n) is 7.28. The van der Waals surface area contributed by atoms with Crippen LogP contribution in [-0.4, -0.2) is 43.2 Å². The fraction of sp³-hybridized carbons (Fsp3) is 0.409. The molecular weight excluding hydrogens is 372 g/mol. The Bertz CT molecular complexity index is 904. The highest BCUT2D eigenvalue weighted by Crippen LogP contribution is 2.27. The molecule has 1 saturated heterocycles. The highest BCUT2D eigenvalue weighted by Gasteiger charge is 2.34. The first-order chi connectivity index (χ1) is 13.4. The molecule has 0 saturated carbocycles. The van der Waals surface area contributed by atoms with E-state index in [4.69, 9.17) is 0 Å². The fourth-order valence-electron chi connectivity index (χ4n) is 3.74. The number of piperidine rings is 1. The van der Waals surface area contributed by atoms with Crippen LogP contribution in [0.15, 0.2) is 59.5 Å². The monoisotopic (exact) mass is 400 g/mol. The van der Waals surface area contributed by atoms with Crippen molar-refractivity contribution in [2.75, 3.05) is 19.6 Å². The second-order valence-corrected chi connectivity index (χ2v) is 9.19. The van der Waals surface area contributed by atoms with Crippen LogP contribution in [0.5, 0.6) is 0 Å². The Hall–Kier alpha value is -2.18. The molecule has 28 heavy (non-hydrogen) atoms. The molecule has 5 nitrogen and oxygen atoms in total. The van der Waals surface area contributed by atoms with Gasteiger partial charge in [-0.05, 0) is 43.9 Å². The minimum atomic E-state index is -3.51. The van der Waals surface area contributed by atoms with Crippen LogP contribution < -0.4 is 0 Å². The lowest BCUT2D eigenvalue weighted by molar-refractivity contribution is -0.137. The molecule has 0 spiro atoms. The van der Waals surface area contributed by atoms with Crippen molar-refractivity contribution in [1.82, 2.24) is 9.21 Å². The largest absolute Gasteiger partial charge is 0.338 e. The van der Waals surface area contributed by atoms with E-state index in [1.807, 2.05) is 61.2 Å². The Labute approximate surface area is 168 Å². The van der Waals surface area contributed by atoms with Gasteiger partial charge in [0.1, 0.15) is 0 Å². The van der Waals surface area contributed by atoms with Gasteiger partial charge in [0.05, 0.1) is 4.90 Å². The number of benzene rings is 2. The highest BCUT2D eigenvalue weighted by atomic mass is 32.2. The maximum absolute atomic E-state index is 13.0. The molecule has 1 aliphatic rings. The zero-order valence-corrected chi connectivity index (χ0v) is 17.4. The molecule has 0 aliphatic carbocycles. The average molecular weight is 401 g/mol. The third kappa shape index (κ3) is 4.45. The number of nitrogens with zero attached hydrogens (tertiary/aromatic N) is 2. The Balaban J connectivity index is 1.64. The summed E-state index contributed by atoms with van der Waals surface area (Å²) < 4.78 is 27.4. The van der Waals surface area contributed by atoms with E-state index in [2.05, 4.69) is 0 Å². The smallest absolute Gasteiger partial charge is 0.243 e. The van der Waals surface area contributed by atoms with Gasteiger partial charge in [0.15, 0.2) is 0 Å². The van der Waals surface area contributed by atoms with Crippen molar-refractivity contribution in [3.8, 4) is 0 Å². The van der Waals surface area contributed by atoms with Crippen molar-refractivity contribution in [3.63, 3.8) is 0 Å². The van der Waals surface area contributed by atoms with Crippen LogP contribution in [0, 0.1) is 12.8 Å². The van der Waals surface area contributed by atoms with Gasteiger partial charge in [-0.3, -0.25) is 4.79 Å². The van der Waals surface area contributed by atoms with Gasteiger partial charge in [0.25, 0.3) is 0 Å². The lowest BCUT2D eigenvalue weighted by atomic mass is 9.96. The summed E-state index contributed by atoms with van der Waals surface area (Å²) in [5, 5.41) is 0. The minimum Gasteiger partial charge on any atom is -0.338 e. The van der Waals surface area contributed by atoms with Crippen LogP contribution in [0.3, 0.4) is 0 Å². The number of rotatable bonds is 6. The second kappa shape index (κ2) is 8.88. The maximum atomic E-state index is 13.0. The van der Waals surface area contributed by atoms with Gasteiger partial charge in [0, 0.05) is 32.1 Å². The molecule has 0 N–H and O–H groups in total. The summed E-state index contributed by atoms with van der Waals surface area (Å²) in [5.41, 5.74) is 1.86. The molecule has 2 aromatic rings. The fourth-order valence-corrected chi connectivity index (χ4v) is 5.43. The Morgan fingerprint density at radius 3 is 2.25 bits per heavy atom. The Kier molecular flexibility index (Phi) is 6.52. The average Bonchev–Trinajstić information content (AvgIpc) is 2.72. The topological polar surface area (TPSA) is 57.7 Å². The van der Waals surface area contributed by atoms with Gasteiger partial charge in [-0.15, -0.1) is 0 Å². The molecule has 0 aromatic heterocycles. The van der Waals surface area contributed by atoms with Gasteiger partial charge in [0.2, 0.25) is 15.9 Å². The lowest BCUT2D eigenvalue weighted by Gasteiger charge is -2.33. The first kappa shape index (κ1) is 20.6. The number of hydrogen-bond acceptors (Lipinski definition) is 3. The van der Waals surface area contributed by atoms with Crippen molar-refractivity contribution in [1.29, 1.82) is 0 Å². The van der Waals surface area contributed by atoms with E-state index in [1.54, 1.807) is 12.1 Å². The van der Waals surface area contributed by atoms with E-state index < -0.39 is 10.0 Å². The van der Waals surface area contributed by atoms with Crippen LogP contribution in [0.25, 0.3) is 0 Å². The van der Waals surface area contributed by atoms with Crippen LogP contribution in [0.2, 0.25) is 0 Å². The van der Waals surface area contributed by atoms with Gasteiger partial charge >= 0.3 is 0 Å². The molecule has 3 rings (SSSR count). The van der Waals surface area contributed by atoms with E-state index in [-0.39, 0.29) is 11.8 Å². The molecule has 1 fully saturated rings. The van der Waals surface area contributed by atoms with E-state index in [9.17, 15) is 13.2 Å². The Morgan fingerprint density at radius 2 is 1.64 bits per heavy atom. The molecule has 0 unspecified atom stereocenters. The van der Waals surface area contributed by atoms with Crippen LogP contribution in [-0.2, 0) is 21.4 Å². The first-order valence-corrected chi connectivity index (χ1v) is 11.3. The summed E-state index contributed by atoms with van der Waals surface area (Å²) in [6, 6.07) is 17.0. The third-order valence-corrected chi connectivity index (χ3v) is 7.48. The zero-order chi connectivity index (χ0) is 20.1. The van der Waals surface area contributed by atoms with E-state index >= 15 is 0 Å². The Morgan fingerprint density at radius 1 is 1.04 bits per heavy atom. The van der Waals surface area contributed by atoms with Crippen molar-refractivity contribution < 1.29 is 13.2 Å². The summed E-state index contributed by atoms with van der Waals surface area (Å²) in [7, 11) is -3.51. The number of amides is 1. The number of carbonyl (C=O) groups excluding carboxylic acids is 1. The van der Waals surface area contributed by atoms with Crippen molar-refractivity contribution in [2.24, 2.45) is 5.92 Å². The number of aryl methyl sites for hydroxylation is 1. The molecule has 1 amide bonds. The summed E-state index contributed by atoms with van der Waals surface area (Å²) in [4.78, 5) is 15.2. The van der Waals surface area contributed by atoms with E-state index in [0.29, 0.717) is 43.9 Å². The summed E-state index contributed by atoms with van der Waals surface area (Å²) in [5.74, 6) is 0.00581. The molecule has 0 bridgehead atoms. The standard InChI is InChI=1S/C22H28N2O3S/c1-3-23(17-19-10-5-4-6-11-19)22(25)20-13-15-24(16-14-20)28(26,27)21-12-8-7-9-18(21)2/h4-12,20H,3,13-17H2,1-2H3. The third-order valence-electron chi connectivity index (χ3n) is 5.42. The quantitative estimate of drug-likeness (QED) is 0.746. The predicted octanol–water partition coefficient (Wildman–Crippen LogP) is 3.44. The molecule has 6 heteroatoms. The maximum Gasteiger partial charge on any atom is 0.243 e. The van der Waals surface area contributed by atoms with Crippen molar-refractivity contribution >= 4 is 15.9 Å². The van der Waals surface area contributed by atoms with Gasteiger partial charge in [-0.1, -0.05) is 48.5 Å². The zero-order valence-electron chi connectivity index (χ0n) is 16.5. The number of sulfonamides is 1.